The molecule has 0 saturated carbocycles. The Bertz CT molecular complexity index is 1440. The number of carbonyl (C=O) groups is 2. The maximum atomic E-state index is 11.7. The van der Waals surface area contributed by atoms with Crippen LogP contribution in [0.5, 0.6) is 0 Å². The maximum absolute atomic E-state index is 11.7. The molecule has 0 N–H and O–H groups in total. The van der Waals surface area contributed by atoms with Crippen molar-refractivity contribution in [3.8, 4) is 11.3 Å². The summed E-state index contributed by atoms with van der Waals surface area (Å²) < 4.78 is 22.2. The van der Waals surface area contributed by atoms with E-state index in [0.29, 0.717) is 37.2 Å². The van der Waals surface area contributed by atoms with Gasteiger partial charge in [-0.05, 0) is 69.4 Å². The van der Waals surface area contributed by atoms with E-state index < -0.39 is 17.4 Å². The van der Waals surface area contributed by atoms with Crippen molar-refractivity contribution >= 4 is 23.0 Å². The Morgan fingerprint density at radius 3 is 1.80 bits per heavy atom. The molecule has 0 atom stereocenters. The molecule has 2 aromatic carbocycles. The first-order valence-electron chi connectivity index (χ1n) is 13.8. The Hall–Kier alpha value is -3.88. The number of esters is 2. The fourth-order valence-electron chi connectivity index (χ4n) is 5.03. The fourth-order valence-corrected chi connectivity index (χ4v) is 5.03. The van der Waals surface area contributed by atoms with Gasteiger partial charge in [0.15, 0.2) is 0 Å². The van der Waals surface area contributed by atoms with Crippen LogP contribution in [-0.4, -0.2) is 61.5 Å². The zero-order valence-electron chi connectivity index (χ0n) is 24.4. The molecule has 0 radical (unpaired) electrons. The van der Waals surface area contributed by atoms with Crippen molar-refractivity contribution in [1.82, 2.24) is 9.97 Å². The van der Waals surface area contributed by atoms with Crippen molar-refractivity contribution < 1.29 is 28.5 Å². The monoisotopic (exact) mass is 558 g/mol. The number of hydrogen-bond donors (Lipinski definition) is 0. The van der Waals surface area contributed by atoms with E-state index in [4.69, 9.17) is 28.9 Å². The van der Waals surface area contributed by atoms with Gasteiger partial charge in [-0.2, -0.15) is 0 Å². The molecule has 4 rings (SSSR count). The van der Waals surface area contributed by atoms with Gasteiger partial charge in [0.25, 0.3) is 0 Å². The lowest BCUT2D eigenvalue weighted by Gasteiger charge is -2.31. The second-order valence-corrected chi connectivity index (χ2v) is 10.5. The summed E-state index contributed by atoms with van der Waals surface area (Å²) in [5.74, 6) is -0.857. The smallest absolute Gasteiger partial charge is 0.333 e. The van der Waals surface area contributed by atoms with Crippen LogP contribution in [0.25, 0.3) is 22.3 Å². The summed E-state index contributed by atoms with van der Waals surface area (Å²) in [4.78, 5) is 33.7. The number of hydrogen-bond acceptors (Lipinski definition) is 8. The normalized spacial score (nSPS) is 13.0. The van der Waals surface area contributed by atoms with Crippen LogP contribution < -0.4 is 0 Å². The first-order valence-corrected chi connectivity index (χ1v) is 13.8. The van der Waals surface area contributed by atoms with Gasteiger partial charge in [0, 0.05) is 35.3 Å². The number of ether oxygens (including phenoxy) is 4. The van der Waals surface area contributed by atoms with Gasteiger partial charge in [-0.15, -0.1) is 0 Å². The molecular weight excluding hydrogens is 520 g/mol. The largest absolute Gasteiger partial charge is 0.460 e. The molecular formula is C33H38N2O6. The van der Waals surface area contributed by atoms with Gasteiger partial charge in [-0.1, -0.05) is 37.4 Å². The molecule has 3 aromatic rings. The van der Waals surface area contributed by atoms with Crippen molar-refractivity contribution in [3.05, 3.63) is 83.1 Å². The lowest BCUT2D eigenvalue weighted by molar-refractivity contribution is -0.141. The third kappa shape index (κ3) is 6.72. The van der Waals surface area contributed by atoms with Crippen molar-refractivity contribution in [2.75, 3.05) is 39.6 Å². The maximum Gasteiger partial charge on any atom is 0.333 e. The summed E-state index contributed by atoms with van der Waals surface area (Å²) in [5.41, 5.74) is 8.23. The Labute approximate surface area is 241 Å². The molecule has 8 heteroatoms. The fraction of sp³-hybridized carbons (Fsp3) is 0.394. The molecule has 1 aromatic heterocycles. The highest BCUT2D eigenvalue weighted by Crippen LogP contribution is 2.51. The van der Waals surface area contributed by atoms with Crippen LogP contribution in [0.15, 0.2) is 60.7 Å². The summed E-state index contributed by atoms with van der Waals surface area (Å²) in [6, 6.07) is 12.4. The van der Waals surface area contributed by atoms with Crippen molar-refractivity contribution in [2.24, 2.45) is 0 Å². The molecule has 216 valence electrons. The summed E-state index contributed by atoms with van der Waals surface area (Å²) in [6.45, 7) is 16.3. The number of rotatable bonds is 14. The van der Waals surface area contributed by atoms with Gasteiger partial charge in [0.2, 0.25) is 0 Å². The molecule has 1 heterocycles. The van der Waals surface area contributed by atoms with Crippen molar-refractivity contribution in [1.29, 1.82) is 0 Å². The predicted octanol–water partition coefficient (Wildman–Crippen LogP) is 5.57. The zero-order valence-corrected chi connectivity index (χ0v) is 24.4. The molecule has 0 saturated heterocycles. The molecule has 1 aliphatic carbocycles. The van der Waals surface area contributed by atoms with Gasteiger partial charge in [-0.25, -0.2) is 19.6 Å². The van der Waals surface area contributed by atoms with Crippen LogP contribution in [0.4, 0.5) is 0 Å². The van der Waals surface area contributed by atoms with E-state index in [2.05, 4.69) is 51.3 Å². The van der Waals surface area contributed by atoms with Crippen LogP contribution in [0, 0.1) is 13.8 Å². The van der Waals surface area contributed by atoms with E-state index in [1.165, 1.54) is 5.56 Å². The van der Waals surface area contributed by atoms with Gasteiger partial charge >= 0.3 is 11.9 Å². The highest BCUT2D eigenvalue weighted by atomic mass is 16.6. The average Bonchev–Trinajstić information content (AvgIpc) is 3.20. The average molecular weight is 559 g/mol. The number of fused-ring (bicyclic) bond motifs is 4. The molecule has 41 heavy (non-hydrogen) atoms. The Morgan fingerprint density at radius 2 is 1.27 bits per heavy atom. The number of carbonyl (C=O) groups excluding carboxylic acids is 2. The molecule has 0 spiro atoms. The van der Waals surface area contributed by atoms with Gasteiger partial charge < -0.3 is 18.9 Å². The standard InChI is InChI=1S/C33H38N2O6/c1-21(2)31(36)40-17-15-38-13-11-33(12-14-39-16-18-41-32(37)22(3)4)26-10-8-7-9-25(26)29-30(33)35-28-20-24(6)23(5)19-27(28)34-29/h7-10,19-20H,1,3,11-18H2,2,4-6H3. The Kier molecular flexibility index (Phi) is 9.68. The number of aryl methyl sites for hydroxylation is 2. The van der Waals surface area contributed by atoms with E-state index in [1.807, 2.05) is 12.1 Å². The second-order valence-electron chi connectivity index (χ2n) is 10.5. The number of nitrogens with zero attached hydrogens (tertiary/aromatic N) is 2. The molecule has 1 aliphatic rings. The minimum absolute atomic E-state index is 0.154. The zero-order chi connectivity index (χ0) is 29.6. The molecule has 0 amide bonds. The third-order valence-corrected chi connectivity index (χ3v) is 7.40. The Morgan fingerprint density at radius 1 is 0.756 bits per heavy atom. The highest BCUT2D eigenvalue weighted by molar-refractivity contribution is 5.87. The lowest BCUT2D eigenvalue weighted by atomic mass is 9.75. The second kappa shape index (κ2) is 13.2. The molecule has 0 bridgehead atoms. The summed E-state index contributed by atoms with van der Waals surface area (Å²) in [7, 11) is 0. The van der Waals surface area contributed by atoms with Crippen molar-refractivity contribution in [2.45, 2.75) is 46.0 Å². The van der Waals surface area contributed by atoms with Crippen LogP contribution in [-0.2, 0) is 34.0 Å². The molecule has 0 aliphatic heterocycles. The lowest BCUT2D eigenvalue weighted by Crippen LogP contribution is -2.31. The van der Waals surface area contributed by atoms with E-state index in [9.17, 15) is 9.59 Å². The Balaban J connectivity index is 1.58. The molecule has 0 unspecified atom stereocenters. The quantitative estimate of drug-likeness (QED) is 0.144. The third-order valence-electron chi connectivity index (χ3n) is 7.40. The first-order chi connectivity index (χ1) is 19.6. The summed E-state index contributed by atoms with van der Waals surface area (Å²) >= 11 is 0. The topological polar surface area (TPSA) is 96.8 Å². The predicted molar refractivity (Wildman–Crippen MR) is 158 cm³/mol. The first kappa shape index (κ1) is 30.1. The van der Waals surface area contributed by atoms with Crippen LogP contribution in [0.1, 0.15) is 49.1 Å². The van der Waals surface area contributed by atoms with E-state index in [0.717, 1.165) is 39.1 Å². The minimum atomic E-state index is -0.505. The van der Waals surface area contributed by atoms with Crippen LogP contribution >= 0.6 is 0 Å². The highest BCUT2D eigenvalue weighted by Gasteiger charge is 2.45. The van der Waals surface area contributed by atoms with Crippen LogP contribution in [0.3, 0.4) is 0 Å². The summed E-state index contributed by atoms with van der Waals surface area (Å²) in [5, 5.41) is 0. The van der Waals surface area contributed by atoms with Crippen molar-refractivity contribution in [3.63, 3.8) is 0 Å². The van der Waals surface area contributed by atoms with E-state index >= 15 is 0 Å². The summed E-state index contributed by atoms with van der Waals surface area (Å²) in [6.07, 6.45) is 1.26. The minimum Gasteiger partial charge on any atom is -0.460 e. The van der Waals surface area contributed by atoms with E-state index in [-0.39, 0.29) is 26.4 Å². The molecule has 8 nitrogen and oxygen atoms in total. The molecule has 0 fully saturated rings. The number of aromatic nitrogens is 2. The van der Waals surface area contributed by atoms with E-state index in [1.54, 1.807) is 13.8 Å². The van der Waals surface area contributed by atoms with Gasteiger partial charge in [0.05, 0.1) is 35.6 Å². The van der Waals surface area contributed by atoms with Crippen LogP contribution in [0.2, 0.25) is 0 Å². The van der Waals surface area contributed by atoms with Gasteiger partial charge in [0.1, 0.15) is 13.2 Å². The van der Waals surface area contributed by atoms with Gasteiger partial charge in [-0.3, -0.25) is 0 Å². The SMILES string of the molecule is C=C(C)C(=O)OCCOCCC1(CCOCCOC(=O)C(=C)C)c2ccccc2-c2nc3cc(C)c(C)cc3nc21. The number of benzene rings is 2.